The van der Waals surface area contributed by atoms with Crippen molar-refractivity contribution in [3.05, 3.63) is 12.3 Å². The lowest BCUT2D eigenvalue weighted by molar-refractivity contribution is -0.110. The molecule has 0 aliphatic heterocycles. The molecule has 0 bridgehead atoms. The largest absolute Gasteiger partial charge is 0.513 e. The van der Waals surface area contributed by atoms with Crippen LogP contribution in [0.15, 0.2) is 12.3 Å². The Kier molecular flexibility index (Phi) is 3.44. The molecule has 4 saturated carbocycles. The average Bonchev–Trinajstić information content (AvgIpc) is 2.84. The van der Waals surface area contributed by atoms with E-state index in [0.717, 1.165) is 23.7 Å². The number of hydrogen-bond acceptors (Lipinski definition) is 1. The third-order valence-electron chi connectivity index (χ3n) is 8.99. The molecule has 0 amide bonds. The maximum absolute atomic E-state index is 10.1. The topological polar surface area (TPSA) is 20.2 Å². The molecule has 1 heteroatoms. The summed E-state index contributed by atoms with van der Waals surface area (Å²) >= 11 is 0. The van der Waals surface area contributed by atoms with Crippen LogP contribution in [-0.4, -0.2) is 5.11 Å². The molecule has 124 valence electrons. The van der Waals surface area contributed by atoms with Gasteiger partial charge in [-0.2, -0.15) is 0 Å². The molecule has 1 unspecified atom stereocenters. The molecule has 0 aromatic carbocycles. The fourth-order valence-corrected chi connectivity index (χ4v) is 7.84. The number of aliphatic hydroxyl groups is 1. The quantitative estimate of drug-likeness (QED) is 0.580. The van der Waals surface area contributed by atoms with Crippen LogP contribution >= 0.6 is 0 Å². The van der Waals surface area contributed by atoms with Crippen molar-refractivity contribution in [1.82, 2.24) is 0 Å². The Hall–Kier alpha value is -0.460. The summed E-state index contributed by atoms with van der Waals surface area (Å²) < 4.78 is 0. The summed E-state index contributed by atoms with van der Waals surface area (Å²) in [6.45, 7) is 9.03. The van der Waals surface area contributed by atoms with Crippen LogP contribution in [-0.2, 0) is 0 Å². The van der Waals surface area contributed by atoms with Crippen LogP contribution < -0.4 is 0 Å². The minimum atomic E-state index is 0.338. The van der Waals surface area contributed by atoms with Gasteiger partial charge >= 0.3 is 0 Å². The second-order valence-corrected chi connectivity index (χ2v) is 9.57. The Morgan fingerprint density at radius 1 is 0.864 bits per heavy atom. The average molecular weight is 303 g/mol. The fraction of sp³-hybridized carbons (Fsp3) is 0.905. The predicted octanol–water partition coefficient (Wildman–Crippen LogP) is 6.11. The highest BCUT2D eigenvalue weighted by atomic mass is 16.3. The van der Waals surface area contributed by atoms with Crippen LogP contribution in [0.5, 0.6) is 0 Å². The minimum absolute atomic E-state index is 0.338. The standard InChI is InChI=1S/C21H34O/c1-14(22)17-9-10-18-16-8-7-15-6-4-5-12-20(15,2)19(16)11-13-21(17,18)3/h15-19,22H,1,4-13H2,2-3H3/t15?,16-,17+,18-,19-,20-,21+/m0/s1. The van der Waals surface area contributed by atoms with E-state index in [4.69, 9.17) is 0 Å². The van der Waals surface area contributed by atoms with Crippen molar-refractivity contribution in [2.24, 2.45) is 40.4 Å². The molecule has 4 fully saturated rings. The van der Waals surface area contributed by atoms with E-state index < -0.39 is 0 Å². The van der Waals surface area contributed by atoms with Gasteiger partial charge in [0.05, 0.1) is 5.76 Å². The molecule has 4 rings (SSSR count). The van der Waals surface area contributed by atoms with Crippen molar-refractivity contribution in [2.45, 2.75) is 78.1 Å². The third kappa shape index (κ3) is 1.89. The number of rotatable bonds is 1. The van der Waals surface area contributed by atoms with Gasteiger partial charge in [0, 0.05) is 5.92 Å². The van der Waals surface area contributed by atoms with E-state index in [1.807, 2.05) is 0 Å². The van der Waals surface area contributed by atoms with Gasteiger partial charge in [-0.3, -0.25) is 0 Å². The maximum Gasteiger partial charge on any atom is 0.0887 e. The molecule has 0 spiro atoms. The molecular formula is C21H34O. The Labute approximate surface area is 136 Å². The lowest BCUT2D eigenvalue weighted by Gasteiger charge is -2.60. The van der Waals surface area contributed by atoms with Crippen molar-refractivity contribution in [1.29, 1.82) is 0 Å². The SMILES string of the molecule is C=C(O)[C@H]1CC[C@H]2[C@@H]3CCC4CCCC[C@]4(C)[C@H]3CC[C@]12C. The Bertz CT molecular complexity index is 469. The summed E-state index contributed by atoms with van der Waals surface area (Å²) in [6, 6.07) is 0. The van der Waals surface area contributed by atoms with Gasteiger partial charge in [0.25, 0.3) is 0 Å². The normalized spacial score (nSPS) is 54.2. The van der Waals surface area contributed by atoms with Gasteiger partial charge in [-0.05, 0) is 85.9 Å². The van der Waals surface area contributed by atoms with Gasteiger partial charge in [0.15, 0.2) is 0 Å². The van der Waals surface area contributed by atoms with E-state index in [2.05, 4.69) is 20.4 Å². The van der Waals surface area contributed by atoms with Crippen molar-refractivity contribution in [3.63, 3.8) is 0 Å². The van der Waals surface area contributed by atoms with E-state index in [1.165, 1.54) is 64.2 Å². The monoisotopic (exact) mass is 302 g/mol. The Morgan fingerprint density at radius 2 is 1.64 bits per heavy atom. The second kappa shape index (κ2) is 5.02. The predicted molar refractivity (Wildman–Crippen MR) is 91.6 cm³/mol. The zero-order valence-corrected chi connectivity index (χ0v) is 14.6. The van der Waals surface area contributed by atoms with Crippen molar-refractivity contribution < 1.29 is 5.11 Å². The van der Waals surface area contributed by atoms with Crippen LogP contribution in [0.3, 0.4) is 0 Å². The van der Waals surface area contributed by atoms with Crippen LogP contribution in [0.4, 0.5) is 0 Å². The minimum Gasteiger partial charge on any atom is -0.513 e. The van der Waals surface area contributed by atoms with E-state index in [0.29, 0.717) is 22.5 Å². The van der Waals surface area contributed by atoms with Gasteiger partial charge in [-0.1, -0.05) is 33.3 Å². The third-order valence-corrected chi connectivity index (χ3v) is 8.99. The zero-order valence-electron chi connectivity index (χ0n) is 14.6. The smallest absolute Gasteiger partial charge is 0.0887 e. The highest BCUT2D eigenvalue weighted by Gasteiger charge is 2.59. The number of hydrogen-bond donors (Lipinski definition) is 1. The Morgan fingerprint density at radius 3 is 2.41 bits per heavy atom. The molecule has 4 aliphatic carbocycles. The second-order valence-electron chi connectivity index (χ2n) is 9.57. The molecule has 1 N–H and O–H groups in total. The van der Waals surface area contributed by atoms with Gasteiger partial charge < -0.3 is 5.11 Å². The van der Waals surface area contributed by atoms with Crippen molar-refractivity contribution in [3.8, 4) is 0 Å². The van der Waals surface area contributed by atoms with Gasteiger partial charge in [-0.15, -0.1) is 0 Å². The molecule has 0 aromatic heterocycles. The molecule has 0 heterocycles. The molecule has 4 aliphatic rings. The van der Waals surface area contributed by atoms with Crippen molar-refractivity contribution in [2.75, 3.05) is 0 Å². The summed E-state index contributed by atoms with van der Waals surface area (Å²) in [5, 5.41) is 10.1. The first-order valence-corrected chi connectivity index (χ1v) is 9.84. The van der Waals surface area contributed by atoms with E-state index in [-0.39, 0.29) is 0 Å². The summed E-state index contributed by atoms with van der Waals surface area (Å²) in [4.78, 5) is 0. The molecule has 1 nitrogen and oxygen atoms in total. The van der Waals surface area contributed by atoms with E-state index in [9.17, 15) is 5.11 Å². The molecular weight excluding hydrogens is 268 g/mol. The fourth-order valence-electron chi connectivity index (χ4n) is 7.84. The zero-order chi connectivity index (χ0) is 15.5. The number of aliphatic hydroxyl groups excluding tert-OH is 1. The van der Waals surface area contributed by atoms with Crippen molar-refractivity contribution >= 4 is 0 Å². The first kappa shape index (κ1) is 15.1. The van der Waals surface area contributed by atoms with Crippen LogP contribution in [0.2, 0.25) is 0 Å². The van der Waals surface area contributed by atoms with Crippen LogP contribution in [0.1, 0.15) is 78.1 Å². The van der Waals surface area contributed by atoms with Crippen LogP contribution in [0, 0.1) is 40.4 Å². The van der Waals surface area contributed by atoms with E-state index in [1.54, 1.807) is 0 Å². The summed E-state index contributed by atoms with van der Waals surface area (Å²) in [5.74, 6) is 4.60. The lowest BCUT2D eigenvalue weighted by Crippen LogP contribution is -2.52. The summed E-state index contributed by atoms with van der Waals surface area (Å²) in [6.07, 6.45) is 14.1. The Balaban J connectivity index is 1.63. The highest BCUT2D eigenvalue weighted by Crippen LogP contribution is 2.67. The summed E-state index contributed by atoms with van der Waals surface area (Å²) in [7, 11) is 0. The summed E-state index contributed by atoms with van der Waals surface area (Å²) in [5.41, 5.74) is 0.974. The molecule has 0 saturated heterocycles. The molecule has 0 radical (unpaired) electrons. The first-order valence-electron chi connectivity index (χ1n) is 9.84. The van der Waals surface area contributed by atoms with Gasteiger partial charge in [0.1, 0.15) is 0 Å². The maximum atomic E-state index is 10.1. The molecule has 22 heavy (non-hydrogen) atoms. The number of fused-ring (bicyclic) bond motifs is 5. The van der Waals surface area contributed by atoms with Gasteiger partial charge in [0.2, 0.25) is 0 Å². The highest BCUT2D eigenvalue weighted by molar-refractivity contribution is 5.13. The molecule has 7 atom stereocenters. The number of allylic oxidation sites excluding steroid dienone is 1. The molecule has 0 aromatic rings. The van der Waals surface area contributed by atoms with E-state index >= 15 is 0 Å². The van der Waals surface area contributed by atoms with Gasteiger partial charge in [-0.25, -0.2) is 0 Å². The first-order chi connectivity index (χ1) is 10.5. The lowest BCUT2D eigenvalue weighted by atomic mass is 9.45. The van der Waals surface area contributed by atoms with Crippen LogP contribution in [0.25, 0.3) is 0 Å².